The summed E-state index contributed by atoms with van der Waals surface area (Å²) in [6.07, 6.45) is 2.60. The third-order valence-corrected chi connectivity index (χ3v) is 5.43. The van der Waals surface area contributed by atoms with Crippen molar-refractivity contribution in [2.45, 2.75) is 46.1 Å². The number of benzene rings is 2. The number of ether oxygens (including phenoxy) is 1. The van der Waals surface area contributed by atoms with Crippen LogP contribution in [0.1, 0.15) is 56.3 Å². The van der Waals surface area contributed by atoms with Gasteiger partial charge in [0.25, 0.3) is 11.7 Å². The van der Waals surface area contributed by atoms with Gasteiger partial charge in [0.2, 0.25) is 0 Å². The van der Waals surface area contributed by atoms with E-state index in [1.807, 2.05) is 38.1 Å². The zero-order chi connectivity index (χ0) is 21.7. The summed E-state index contributed by atoms with van der Waals surface area (Å²) < 4.78 is 5.45. The molecule has 2 aromatic rings. The third-order valence-electron chi connectivity index (χ3n) is 5.43. The second-order valence-electron chi connectivity index (χ2n) is 7.40. The fraction of sp³-hybridized carbons (Fsp3) is 0.360. The zero-order valence-corrected chi connectivity index (χ0v) is 17.9. The number of aliphatic hydroxyl groups is 1. The Bertz CT molecular complexity index is 929. The summed E-state index contributed by atoms with van der Waals surface area (Å²) in [7, 11) is 0. The average molecular weight is 408 g/mol. The van der Waals surface area contributed by atoms with Crippen LogP contribution in [0, 0.1) is 0 Å². The van der Waals surface area contributed by atoms with Crippen LogP contribution in [0.5, 0.6) is 5.75 Å². The third kappa shape index (κ3) is 4.25. The molecule has 1 amide bonds. The Balaban J connectivity index is 2.08. The topological polar surface area (TPSA) is 66.8 Å². The predicted molar refractivity (Wildman–Crippen MR) is 117 cm³/mol. The van der Waals surface area contributed by atoms with Crippen molar-refractivity contribution in [1.82, 2.24) is 4.90 Å². The molecule has 0 saturated carbocycles. The molecule has 1 fully saturated rings. The van der Waals surface area contributed by atoms with E-state index in [1.54, 1.807) is 29.2 Å². The van der Waals surface area contributed by atoms with Gasteiger partial charge >= 0.3 is 0 Å². The van der Waals surface area contributed by atoms with Crippen molar-refractivity contribution in [3.05, 3.63) is 70.8 Å². The van der Waals surface area contributed by atoms with Gasteiger partial charge in [-0.05, 0) is 55.2 Å². The number of likely N-dealkylation sites (tertiary alicyclic amines) is 1. The van der Waals surface area contributed by atoms with Crippen molar-refractivity contribution in [2.24, 2.45) is 0 Å². The van der Waals surface area contributed by atoms with Gasteiger partial charge in [-0.1, -0.05) is 44.5 Å². The highest BCUT2D eigenvalue weighted by Gasteiger charge is 2.45. The largest absolute Gasteiger partial charge is 0.507 e. The molecule has 1 aliphatic heterocycles. The maximum atomic E-state index is 12.9. The molecular weight excluding hydrogens is 378 g/mol. The van der Waals surface area contributed by atoms with E-state index in [1.165, 1.54) is 5.56 Å². The van der Waals surface area contributed by atoms with Crippen molar-refractivity contribution in [1.29, 1.82) is 0 Å². The van der Waals surface area contributed by atoms with Gasteiger partial charge in [0, 0.05) is 12.1 Å². The molecule has 0 radical (unpaired) electrons. The quantitative estimate of drug-likeness (QED) is 0.385. The standard InChI is InChI=1S/C25H29NO4/c1-4-7-16-26-22(18-10-8-17(5-2)9-11-18)21(24(28)25(26)29)23(27)19-12-14-20(15-13-19)30-6-3/h8-15,22,27H,4-7,16H2,1-3H3/b23-21-. The first kappa shape index (κ1) is 21.6. The van der Waals surface area contributed by atoms with Gasteiger partial charge in [0.1, 0.15) is 11.5 Å². The predicted octanol–water partition coefficient (Wildman–Crippen LogP) is 4.87. The molecule has 0 spiro atoms. The number of amides is 1. The number of rotatable bonds is 8. The first-order chi connectivity index (χ1) is 14.5. The summed E-state index contributed by atoms with van der Waals surface area (Å²) in [5.41, 5.74) is 2.64. The fourth-order valence-electron chi connectivity index (χ4n) is 3.75. The van der Waals surface area contributed by atoms with E-state index in [0.717, 1.165) is 24.8 Å². The lowest BCUT2D eigenvalue weighted by molar-refractivity contribution is -0.139. The lowest BCUT2D eigenvalue weighted by Gasteiger charge is -2.25. The summed E-state index contributed by atoms with van der Waals surface area (Å²) in [4.78, 5) is 27.3. The molecule has 0 aromatic heterocycles. The Morgan fingerprint density at radius 3 is 2.23 bits per heavy atom. The van der Waals surface area contributed by atoms with Gasteiger partial charge in [-0.15, -0.1) is 0 Å². The van der Waals surface area contributed by atoms with Gasteiger partial charge in [-0.3, -0.25) is 9.59 Å². The summed E-state index contributed by atoms with van der Waals surface area (Å²) in [5, 5.41) is 11.0. The Labute approximate surface area is 178 Å². The number of aliphatic hydroxyl groups excluding tert-OH is 1. The molecule has 0 aliphatic carbocycles. The van der Waals surface area contributed by atoms with Gasteiger partial charge in [-0.25, -0.2) is 0 Å². The molecule has 3 rings (SSSR count). The lowest BCUT2D eigenvalue weighted by atomic mass is 9.94. The average Bonchev–Trinajstić information content (AvgIpc) is 3.02. The molecule has 1 N–H and O–H groups in total. The van der Waals surface area contributed by atoms with Crippen LogP contribution < -0.4 is 4.74 Å². The monoisotopic (exact) mass is 407 g/mol. The molecule has 0 bridgehead atoms. The van der Waals surface area contributed by atoms with E-state index in [9.17, 15) is 14.7 Å². The first-order valence-corrected chi connectivity index (χ1v) is 10.6. The molecule has 30 heavy (non-hydrogen) atoms. The van der Waals surface area contributed by atoms with E-state index in [4.69, 9.17) is 4.74 Å². The van der Waals surface area contributed by atoms with Gasteiger partial charge in [0.15, 0.2) is 0 Å². The van der Waals surface area contributed by atoms with Gasteiger partial charge < -0.3 is 14.7 Å². The number of hydrogen-bond acceptors (Lipinski definition) is 4. The second kappa shape index (κ2) is 9.61. The minimum Gasteiger partial charge on any atom is -0.507 e. The van der Waals surface area contributed by atoms with Crippen molar-refractivity contribution in [3.63, 3.8) is 0 Å². The first-order valence-electron chi connectivity index (χ1n) is 10.6. The maximum Gasteiger partial charge on any atom is 0.295 e. The highest BCUT2D eigenvalue weighted by molar-refractivity contribution is 6.46. The number of hydrogen-bond donors (Lipinski definition) is 1. The van der Waals surface area contributed by atoms with Gasteiger partial charge in [0.05, 0.1) is 18.2 Å². The summed E-state index contributed by atoms with van der Waals surface area (Å²) >= 11 is 0. The van der Waals surface area contributed by atoms with E-state index < -0.39 is 17.7 Å². The number of carbonyl (C=O) groups excluding carboxylic acids is 2. The van der Waals surface area contributed by atoms with Crippen LogP contribution in [0.15, 0.2) is 54.1 Å². The van der Waals surface area contributed by atoms with E-state index in [2.05, 4.69) is 6.92 Å². The van der Waals surface area contributed by atoms with Crippen LogP contribution in [0.25, 0.3) is 5.76 Å². The molecule has 5 nitrogen and oxygen atoms in total. The molecule has 5 heteroatoms. The Kier molecular flexibility index (Phi) is 6.93. The molecule has 1 atom stereocenters. The van der Waals surface area contributed by atoms with Crippen LogP contribution in [0.4, 0.5) is 0 Å². The van der Waals surface area contributed by atoms with E-state index in [0.29, 0.717) is 24.5 Å². The molecule has 1 heterocycles. The summed E-state index contributed by atoms with van der Waals surface area (Å²) in [6.45, 7) is 7.04. The Hall–Kier alpha value is -3.08. The minimum absolute atomic E-state index is 0.143. The molecule has 1 aliphatic rings. The number of nitrogens with zero attached hydrogens (tertiary/aromatic N) is 1. The van der Waals surface area contributed by atoms with Gasteiger partial charge in [-0.2, -0.15) is 0 Å². The lowest BCUT2D eigenvalue weighted by Crippen LogP contribution is -2.30. The highest BCUT2D eigenvalue weighted by atomic mass is 16.5. The number of Topliss-reactive ketones (excluding diaryl/α,β-unsaturated/α-hetero) is 1. The number of unbranched alkanes of at least 4 members (excludes halogenated alkanes) is 1. The maximum absolute atomic E-state index is 12.9. The second-order valence-corrected chi connectivity index (χ2v) is 7.40. The van der Waals surface area contributed by atoms with E-state index >= 15 is 0 Å². The summed E-state index contributed by atoms with van der Waals surface area (Å²) in [6, 6.07) is 14.2. The van der Waals surface area contributed by atoms with E-state index in [-0.39, 0.29) is 11.3 Å². The minimum atomic E-state index is -0.637. The molecule has 1 unspecified atom stereocenters. The Morgan fingerprint density at radius 2 is 1.67 bits per heavy atom. The molecule has 158 valence electrons. The van der Waals surface area contributed by atoms with Crippen LogP contribution in [-0.2, 0) is 16.0 Å². The molecule has 2 aromatic carbocycles. The van der Waals surface area contributed by atoms with Crippen LogP contribution >= 0.6 is 0 Å². The van der Waals surface area contributed by atoms with Crippen molar-refractivity contribution < 1.29 is 19.4 Å². The van der Waals surface area contributed by atoms with Crippen LogP contribution in [-0.4, -0.2) is 34.8 Å². The van der Waals surface area contributed by atoms with Crippen LogP contribution in [0.2, 0.25) is 0 Å². The number of aryl methyl sites for hydroxylation is 1. The summed E-state index contributed by atoms with van der Waals surface area (Å²) in [5.74, 6) is -0.660. The smallest absolute Gasteiger partial charge is 0.295 e. The van der Waals surface area contributed by atoms with Crippen molar-refractivity contribution in [3.8, 4) is 5.75 Å². The molecule has 1 saturated heterocycles. The SMILES string of the molecule is CCCCN1C(=O)C(=O)/C(=C(\O)c2ccc(OCC)cc2)C1c1ccc(CC)cc1. The van der Waals surface area contributed by atoms with Crippen molar-refractivity contribution in [2.75, 3.05) is 13.2 Å². The van der Waals surface area contributed by atoms with Crippen LogP contribution in [0.3, 0.4) is 0 Å². The normalized spacial score (nSPS) is 18.1. The Morgan fingerprint density at radius 1 is 1.00 bits per heavy atom. The zero-order valence-electron chi connectivity index (χ0n) is 17.9. The highest BCUT2D eigenvalue weighted by Crippen LogP contribution is 2.39. The number of ketones is 1. The molecular formula is C25H29NO4. The number of carbonyl (C=O) groups is 2. The van der Waals surface area contributed by atoms with Crippen molar-refractivity contribution >= 4 is 17.4 Å². The fourth-order valence-corrected chi connectivity index (χ4v) is 3.75.